The van der Waals surface area contributed by atoms with Gasteiger partial charge in [0, 0.05) is 0 Å². The van der Waals surface area contributed by atoms with Crippen molar-refractivity contribution in [2.75, 3.05) is 6.61 Å². The molecule has 0 aliphatic heterocycles. The van der Waals surface area contributed by atoms with Gasteiger partial charge in [0.05, 0.1) is 33.0 Å². The lowest BCUT2D eigenvalue weighted by molar-refractivity contribution is -0.243. The smallest absolute Gasteiger partial charge is 0.211 e. The molecule has 1 N–H and O–H groups in total. The maximum atomic E-state index is 14.0. The Morgan fingerprint density at radius 3 is 1.44 bits per heavy atom. The molecule has 4 atom stereocenters. The molecule has 5 rings (SSSR count). The van der Waals surface area contributed by atoms with E-state index in [0.29, 0.717) is 0 Å². The average molecular weight is 622 g/mol. The van der Waals surface area contributed by atoms with Crippen molar-refractivity contribution < 1.29 is 28.8 Å². The van der Waals surface area contributed by atoms with Gasteiger partial charge in [0.15, 0.2) is 5.60 Å². The van der Waals surface area contributed by atoms with Gasteiger partial charge in [-0.1, -0.05) is 145 Å². The Morgan fingerprint density at radius 1 is 0.581 bits per heavy atom. The van der Waals surface area contributed by atoms with Crippen molar-refractivity contribution in [2.45, 2.75) is 54.7 Å². The fourth-order valence-corrected chi connectivity index (χ4v) is 5.63. The van der Waals surface area contributed by atoms with E-state index in [2.05, 4.69) is 0 Å². The molecule has 1 aliphatic carbocycles. The van der Waals surface area contributed by atoms with Gasteiger partial charge < -0.3 is 24.1 Å². The van der Waals surface area contributed by atoms with Gasteiger partial charge in [0.2, 0.25) is 10.1 Å². The van der Waals surface area contributed by atoms with E-state index in [-0.39, 0.29) is 26.4 Å². The zero-order valence-electron chi connectivity index (χ0n) is 23.6. The minimum Gasteiger partial charge on any atom is -0.381 e. The Bertz CT molecular complexity index is 1420. The number of hydrogen-bond acceptors (Lipinski definition) is 6. The van der Waals surface area contributed by atoms with Crippen LogP contribution in [-0.4, -0.2) is 45.7 Å². The summed E-state index contributed by atoms with van der Waals surface area (Å²) in [6.45, 7) is 0.0995. The van der Waals surface area contributed by atoms with Gasteiger partial charge in [-0.3, -0.25) is 4.79 Å². The van der Waals surface area contributed by atoms with E-state index in [9.17, 15) is 9.90 Å². The zero-order chi connectivity index (χ0) is 30.1. The highest BCUT2D eigenvalue weighted by atomic mass is 35.5. The summed E-state index contributed by atoms with van der Waals surface area (Å²) in [6.07, 6.45) is -3.52. The number of ketones is 1. The molecule has 224 valence electrons. The molecule has 1 aliphatic rings. The number of carbonyl (C=O) groups is 1. The number of alkyl halides is 2. The van der Waals surface area contributed by atoms with Crippen LogP contribution in [0.4, 0.5) is 0 Å². The molecule has 1 saturated carbocycles. The van der Waals surface area contributed by atoms with Gasteiger partial charge in [0.1, 0.15) is 18.3 Å². The molecule has 1 fully saturated rings. The lowest BCUT2D eigenvalue weighted by Crippen LogP contribution is -2.74. The Morgan fingerprint density at radius 2 is 0.977 bits per heavy atom. The zero-order valence-corrected chi connectivity index (χ0v) is 25.1. The third kappa shape index (κ3) is 7.54. The van der Waals surface area contributed by atoms with Crippen LogP contribution in [0.25, 0.3) is 0 Å². The first-order valence-corrected chi connectivity index (χ1v) is 14.9. The number of ether oxygens (including phenoxy) is 4. The van der Waals surface area contributed by atoms with Crippen LogP contribution in [0.3, 0.4) is 0 Å². The molecule has 0 heterocycles. The highest BCUT2D eigenvalue weighted by Gasteiger charge is 2.68. The molecule has 0 radical (unpaired) electrons. The summed E-state index contributed by atoms with van der Waals surface area (Å²) >= 11 is 13.6. The molecule has 8 heteroatoms. The van der Waals surface area contributed by atoms with Crippen molar-refractivity contribution in [1.29, 1.82) is 0 Å². The minimum absolute atomic E-state index is 0.0979. The number of aliphatic hydroxyl groups is 1. The second-order valence-electron chi connectivity index (χ2n) is 10.5. The van der Waals surface area contributed by atoms with Crippen molar-refractivity contribution in [1.82, 2.24) is 0 Å². The van der Waals surface area contributed by atoms with E-state index >= 15 is 0 Å². The molecule has 0 unspecified atom stereocenters. The molecule has 0 spiro atoms. The molecule has 0 amide bonds. The number of halogens is 2. The second kappa shape index (κ2) is 14.6. The number of benzene rings is 4. The maximum Gasteiger partial charge on any atom is 0.211 e. The first kappa shape index (κ1) is 31.4. The third-order valence-electron chi connectivity index (χ3n) is 7.44. The molecule has 4 aromatic carbocycles. The molecule has 4 aromatic rings. The van der Waals surface area contributed by atoms with Crippen LogP contribution in [0.15, 0.2) is 121 Å². The Labute approximate surface area is 262 Å². The summed E-state index contributed by atoms with van der Waals surface area (Å²) in [5.74, 6) is -0.727. The standard InChI is InChI=1S/C35H34Cl2O6/c36-35(37)32(38)30(41-22-27-15-7-2-8-16-27)31(42-23-28-17-9-3-10-18-28)33(43-24-29-19-11-4-12-20-29)34(35,39)25-40-21-26-13-5-1-6-14-26/h1-20,30-31,33,39H,21-25H2/t30-,31+,33-,34-/m0/s1. The molecule has 0 saturated heterocycles. The van der Waals surface area contributed by atoms with Crippen molar-refractivity contribution in [3.05, 3.63) is 144 Å². The topological polar surface area (TPSA) is 74.2 Å². The van der Waals surface area contributed by atoms with E-state index in [0.717, 1.165) is 22.3 Å². The molecule has 0 bridgehead atoms. The van der Waals surface area contributed by atoms with Crippen LogP contribution < -0.4 is 0 Å². The molecule has 0 aromatic heterocycles. The first-order valence-electron chi connectivity index (χ1n) is 14.1. The lowest BCUT2D eigenvalue weighted by Gasteiger charge is -2.51. The van der Waals surface area contributed by atoms with E-state index in [4.69, 9.17) is 42.1 Å². The first-order chi connectivity index (χ1) is 20.9. The minimum atomic E-state index is -2.33. The van der Waals surface area contributed by atoms with Gasteiger partial charge in [-0.05, 0) is 22.3 Å². The van der Waals surface area contributed by atoms with Gasteiger partial charge in [-0.2, -0.15) is 0 Å². The lowest BCUT2D eigenvalue weighted by atomic mass is 9.76. The molecular weight excluding hydrogens is 587 g/mol. The SMILES string of the molecule is O=C1[C@@H](OCc2ccccc2)[C@@H](OCc2ccccc2)[C@H](OCc2ccccc2)[C@@](O)(COCc2ccccc2)C1(Cl)Cl. The monoisotopic (exact) mass is 620 g/mol. The maximum absolute atomic E-state index is 14.0. The van der Waals surface area contributed by atoms with Crippen LogP contribution in [0, 0.1) is 0 Å². The Hall–Kier alpha value is -3.07. The van der Waals surface area contributed by atoms with Crippen LogP contribution in [0.5, 0.6) is 0 Å². The average Bonchev–Trinajstić information content (AvgIpc) is 3.04. The number of Topliss-reactive ketones (excluding diaryl/α,β-unsaturated/α-hetero) is 1. The van der Waals surface area contributed by atoms with Crippen molar-refractivity contribution in [2.24, 2.45) is 0 Å². The molecule has 6 nitrogen and oxygen atoms in total. The quantitative estimate of drug-likeness (QED) is 0.173. The Balaban J connectivity index is 1.48. The van der Waals surface area contributed by atoms with Crippen LogP contribution in [0.1, 0.15) is 22.3 Å². The van der Waals surface area contributed by atoms with Crippen LogP contribution in [0.2, 0.25) is 0 Å². The van der Waals surface area contributed by atoms with E-state index in [1.54, 1.807) is 0 Å². The van der Waals surface area contributed by atoms with Gasteiger partial charge in [0.25, 0.3) is 0 Å². The summed E-state index contributed by atoms with van der Waals surface area (Å²) in [7, 11) is 0. The van der Waals surface area contributed by atoms with Crippen molar-refractivity contribution in [3.63, 3.8) is 0 Å². The van der Waals surface area contributed by atoms with Gasteiger partial charge >= 0.3 is 0 Å². The normalized spacial score (nSPS) is 23.2. The van der Waals surface area contributed by atoms with E-state index in [1.165, 1.54) is 0 Å². The van der Waals surface area contributed by atoms with E-state index in [1.807, 2.05) is 121 Å². The predicted molar refractivity (Wildman–Crippen MR) is 166 cm³/mol. The second-order valence-corrected chi connectivity index (χ2v) is 11.9. The predicted octanol–water partition coefficient (Wildman–Crippen LogP) is 6.45. The fourth-order valence-electron chi connectivity index (χ4n) is 5.09. The highest BCUT2D eigenvalue weighted by Crippen LogP contribution is 2.47. The third-order valence-corrected chi connectivity index (χ3v) is 8.47. The van der Waals surface area contributed by atoms with Crippen LogP contribution in [-0.2, 0) is 50.2 Å². The Kier molecular flexibility index (Phi) is 10.6. The van der Waals surface area contributed by atoms with Crippen molar-refractivity contribution in [3.8, 4) is 0 Å². The highest BCUT2D eigenvalue weighted by molar-refractivity contribution is 6.60. The summed E-state index contributed by atoms with van der Waals surface area (Å²) < 4.78 is 22.6. The molecule has 43 heavy (non-hydrogen) atoms. The fraction of sp³-hybridized carbons (Fsp3) is 0.286. The number of carbonyl (C=O) groups excluding carboxylic acids is 1. The summed E-state index contributed by atoms with van der Waals surface area (Å²) in [6, 6.07) is 37.9. The summed E-state index contributed by atoms with van der Waals surface area (Å²) in [4.78, 5) is 14.0. The van der Waals surface area contributed by atoms with E-state index < -0.39 is 40.6 Å². The van der Waals surface area contributed by atoms with Crippen LogP contribution >= 0.6 is 23.2 Å². The summed E-state index contributed by atoms with van der Waals surface area (Å²) in [5, 5.41) is 12.3. The van der Waals surface area contributed by atoms with Gasteiger partial charge in [-0.15, -0.1) is 0 Å². The largest absolute Gasteiger partial charge is 0.381 e. The summed E-state index contributed by atoms with van der Waals surface area (Å²) in [5.41, 5.74) is 1.26. The number of hydrogen-bond donors (Lipinski definition) is 1. The van der Waals surface area contributed by atoms with Gasteiger partial charge in [-0.25, -0.2) is 0 Å². The molecular formula is C35H34Cl2O6. The van der Waals surface area contributed by atoms with Crippen molar-refractivity contribution >= 4 is 29.0 Å². The number of rotatable bonds is 13.